The van der Waals surface area contributed by atoms with Crippen molar-refractivity contribution in [3.8, 4) is 0 Å². The topological polar surface area (TPSA) is 143 Å². The van der Waals surface area contributed by atoms with Crippen molar-refractivity contribution in [1.82, 2.24) is 10.6 Å². The summed E-state index contributed by atoms with van der Waals surface area (Å²) in [5.41, 5.74) is 4.99. The molecule has 0 spiro atoms. The Kier molecular flexibility index (Phi) is 9.84. The molecule has 0 radical (unpaired) electrons. The van der Waals surface area contributed by atoms with Gasteiger partial charge in [0.15, 0.2) is 11.4 Å². The Balaban J connectivity index is 1.60. The minimum Gasteiger partial charge on any atom is -0.463 e. The maximum absolute atomic E-state index is 13.9. The molecule has 5 N–H and O–H groups in total. The smallest absolute Gasteiger partial charge is 0.350 e. The first kappa shape index (κ1) is 30.7. The molecule has 0 unspecified atom stereocenters. The van der Waals surface area contributed by atoms with E-state index in [0.717, 1.165) is 37.0 Å². The van der Waals surface area contributed by atoms with Crippen LogP contribution < -0.4 is 16.4 Å². The number of unbranched alkanes of at least 4 members (excludes halogenated alkanes) is 1. The zero-order chi connectivity index (χ0) is 29.6. The van der Waals surface area contributed by atoms with Crippen molar-refractivity contribution in [1.29, 1.82) is 0 Å². The van der Waals surface area contributed by atoms with E-state index in [-0.39, 0.29) is 36.7 Å². The van der Waals surface area contributed by atoms with Crippen molar-refractivity contribution >= 4 is 17.5 Å². The van der Waals surface area contributed by atoms with Crippen LogP contribution in [0.3, 0.4) is 0 Å². The summed E-state index contributed by atoms with van der Waals surface area (Å²) in [6.45, 7) is 7.94. The predicted molar refractivity (Wildman–Crippen MR) is 156 cm³/mol. The predicted octanol–water partition coefficient (Wildman–Crippen LogP) is 3.34. The van der Waals surface area contributed by atoms with Gasteiger partial charge in [-0.05, 0) is 50.0 Å². The second-order valence-corrected chi connectivity index (χ2v) is 11.2. The van der Waals surface area contributed by atoms with Crippen LogP contribution in [0.25, 0.3) is 0 Å². The lowest BCUT2D eigenvalue weighted by Crippen LogP contribution is -2.51. The molecule has 3 aliphatic rings. The van der Waals surface area contributed by atoms with Crippen molar-refractivity contribution in [2.45, 2.75) is 70.5 Å². The van der Waals surface area contributed by atoms with Crippen molar-refractivity contribution < 1.29 is 29.0 Å². The quantitative estimate of drug-likeness (QED) is 0.109. The standard InChI is InChI=1S/C32H43N3O6/c1-4-6-9-23(18-34-5-2)20-40-30(39)32-29(38)26-11-8-7-10-25(26)28(37)31(32,41-32)17-24(19-36)21(3)12-13-22-14-15-35-27(33)16-22/h7-8,10-11,14,16,23,34-36H,4-6,9,12-13,15,17-20,33H2,1-3H3/b24-21-/t23-,31+,32+/m1/s1. The first-order chi connectivity index (χ1) is 19.7. The summed E-state index contributed by atoms with van der Waals surface area (Å²) in [6, 6.07) is 6.48. The summed E-state index contributed by atoms with van der Waals surface area (Å²) in [6.07, 6.45) is 8.04. The number of nitrogens with two attached hydrogens (primary N) is 1. The van der Waals surface area contributed by atoms with Gasteiger partial charge >= 0.3 is 5.97 Å². The summed E-state index contributed by atoms with van der Waals surface area (Å²) in [7, 11) is 0. The SMILES string of the molecule is CCCC[C@H](CNCC)COC(=O)[C@]12O[C@@]1(C/C(CO)=C(\C)CCC1=CCNC(N)=C1)C(=O)c1ccccc1C2=O. The molecule has 1 aliphatic carbocycles. The van der Waals surface area contributed by atoms with Crippen LogP contribution in [0.2, 0.25) is 0 Å². The molecular formula is C32H43N3O6. The number of hydrogen-bond donors (Lipinski definition) is 4. The third kappa shape index (κ3) is 6.03. The van der Waals surface area contributed by atoms with E-state index in [4.69, 9.17) is 15.2 Å². The summed E-state index contributed by atoms with van der Waals surface area (Å²) in [4.78, 5) is 41.5. The number of carbonyl (C=O) groups is 3. The fourth-order valence-electron chi connectivity index (χ4n) is 5.81. The number of Topliss-reactive ketones (excluding diaryl/α,β-unsaturated/α-hetero) is 2. The van der Waals surface area contributed by atoms with Gasteiger partial charge in [-0.3, -0.25) is 9.59 Å². The van der Waals surface area contributed by atoms with Gasteiger partial charge < -0.3 is 30.9 Å². The molecule has 41 heavy (non-hydrogen) atoms. The van der Waals surface area contributed by atoms with Gasteiger partial charge in [-0.25, -0.2) is 4.79 Å². The Hall–Kier alpha value is -3.27. The first-order valence-electron chi connectivity index (χ1n) is 14.7. The monoisotopic (exact) mass is 565 g/mol. The number of dihydropyridines is 1. The fourth-order valence-corrected chi connectivity index (χ4v) is 5.81. The minimum atomic E-state index is -2.05. The molecule has 3 atom stereocenters. The summed E-state index contributed by atoms with van der Waals surface area (Å²) >= 11 is 0. The third-order valence-corrected chi connectivity index (χ3v) is 8.40. The van der Waals surface area contributed by atoms with E-state index in [1.165, 1.54) is 0 Å². The van der Waals surface area contributed by atoms with Gasteiger partial charge in [-0.2, -0.15) is 0 Å². The highest BCUT2D eigenvalue weighted by molar-refractivity contribution is 6.32. The number of hydrogen-bond acceptors (Lipinski definition) is 9. The number of aliphatic hydroxyl groups excluding tert-OH is 1. The number of epoxide rings is 1. The van der Waals surface area contributed by atoms with Gasteiger partial charge in [0.25, 0.3) is 5.60 Å². The second kappa shape index (κ2) is 13.1. The number of rotatable bonds is 15. The van der Waals surface area contributed by atoms with Gasteiger partial charge in [0.1, 0.15) is 0 Å². The van der Waals surface area contributed by atoms with Crippen LogP contribution in [0.15, 0.2) is 59.0 Å². The molecule has 0 bridgehead atoms. The number of ether oxygens (including phenoxy) is 2. The molecule has 0 saturated carbocycles. The largest absolute Gasteiger partial charge is 0.463 e. The van der Waals surface area contributed by atoms with Crippen LogP contribution in [-0.4, -0.2) is 66.7 Å². The Bertz CT molecular complexity index is 1260. The fraction of sp³-hybridized carbons (Fsp3) is 0.531. The highest BCUT2D eigenvalue weighted by Gasteiger charge is 2.85. The van der Waals surface area contributed by atoms with Gasteiger partial charge in [0.05, 0.1) is 19.0 Å². The number of fused-ring (bicyclic) bond motifs is 2. The van der Waals surface area contributed by atoms with Gasteiger partial charge in [-0.15, -0.1) is 0 Å². The van der Waals surface area contributed by atoms with E-state index in [9.17, 15) is 19.5 Å². The Morgan fingerprint density at radius 2 is 1.95 bits per heavy atom. The average Bonchev–Trinajstić information content (AvgIpc) is 3.68. The number of allylic oxidation sites excluding steroid dienone is 3. The molecule has 1 saturated heterocycles. The molecule has 4 rings (SSSR count). The molecule has 1 aromatic rings. The Labute approximate surface area is 242 Å². The molecule has 2 aliphatic heterocycles. The van der Waals surface area contributed by atoms with Crippen LogP contribution in [0.5, 0.6) is 0 Å². The lowest BCUT2D eigenvalue weighted by molar-refractivity contribution is -0.149. The zero-order valence-electron chi connectivity index (χ0n) is 24.4. The highest BCUT2D eigenvalue weighted by Crippen LogP contribution is 2.59. The number of nitrogens with one attached hydrogen (secondary N) is 2. The molecular weight excluding hydrogens is 522 g/mol. The van der Waals surface area contributed by atoms with E-state index in [1.807, 2.05) is 19.9 Å². The van der Waals surface area contributed by atoms with Gasteiger partial charge in [-0.1, -0.05) is 62.6 Å². The number of benzene rings is 1. The van der Waals surface area contributed by atoms with E-state index < -0.39 is 28.7 Å². The van der Waals surface area contributed by atoms with Crippen molar-refractivity contribution in [3.05, 3.63) is 70.1 Å². The van der Waals surface area contributed by atoms with Crippen LogP contribution in [0.1, 0.15) is 80.0 Å². The number of esters is 1. The molecule has 9 nitrogen and oxygen atoms in total. The van der Waals surface area contributed by atoms with Crippen LogP contribution in [0.4, 0.5) is 0 Å². The maximum atomic E-state index is 13.9. The van der Waals surface area contributed by atoms with E-state index in [1.54, 1.807) is 24.3 Å². The van der Waals surface area contributed by atoms with E-state index in [2.05, 4.69) is 23.6 Å². The van der Waals surface area contributed by atoms with Crippen molar-refractivity contribution in [2.24, 2.45) is 11.7 Å². The number of aliphatic hydroxyl groups is 1. The van der Waals surface area contributed by atoms with Crippen molar-refractivity contribution in [2.75, 3.05) is 32.8 Å². The molecule has 1 fully saturated rings. The van der Waals surface area contributed by atoms with Crippen LogP contribution in [0, 0.1) is 5.92 Å². The number of carbonyl (C=O) groups excluding carboxylic acids is 3. The Morgan fingerprint density at radius 1 is 1.22 bits per heavy atom. The lowest BCUT2D eigenvalue weighted by atomic mass is 9.71. The summed E-state index contributed by atoms with van der Waals surface area (Å²) in [5.74, 6) is -1.15. The Morgan fingerprint density at radius 3 is 2.61 bits per heavy atom. The third-order valence-electron chi connectivity index (χ3n) is 8.40. The first-order valence-corrected chi connectivity index (χ1v) is 14.7. The lowest BCUT2D eigenvalue weighted by Gasteiger charge is -2.26. The highest BCUT2D eigenvalue weighted by atomic mass is 16.7. The molecule has 9 heteroatoms. The van der Waals surface area contributed by atoms with Crippen LogP contribution >= 0.6 is 0 Å². The molecule has 222 valence electrons. The molecule has 1 aromatic carbocycles. The number of ketones is 2. The summed E-state index contributed by atoms with van der Waals surface area (Å²) < 4.78 is 11.8. The van der Waals surface area contributed by atoms with Gasteiger partial charge in [0.2, 0.25) is 5.78 Å². The average molecular weight is 566 g/mol. The van der Waals surface area contributed by atoms with E-state index in [0.29, 0.717) is 37.3 Å². The second-order valence-electron chi connectivity index (χ2n) is 11.2. The molecule has 0 aromatic heterocycles. The van der Waals surface area contributed by atoms with Crippen molar-refractivity contribution in [3.63, 3.8) is 0 Å². The maximum Gasteiger partial charge on any atom is 0.350 e. The summed E-state index contributed by atoms with van der Waals surface area (Å²) in [5, 5.41) is 16.7. The zero-order valence-corrected chi connectivity index (χ0v) is 24.4. The van der Waals surface area contributed by atoms with Crippen LogP contribution in [-0.2, 0) is 14.3 Å². The molecule has 0 amide bonds. The van der Waals surface area contributed by atoms with Gasteiger partial charge in [0, 0.05) is 36.6 Å². The normalized spacial score (nSPS) is 24.3. The minimum absolute atomic E-state index is 0.0709. The molecule has 2 heterocycles. The van der Waals surface area contributed by atoms with E-state index >= 15 is 0 Å².